The Kier molecular flexibility index (Phi) is 4.90. The molecule has 1 fully saturated rings. The van der Waals surface area contributed by atoms with E-state index in [4.69, 9.17) is 0 Å². The molecule has 2 rings (SSSR count). The van der Waals surface area contributed by atoms with Gasteiger partial charge < -0.3 is 10.0 Å². The van der Waals surface area contributed by atoms with Crippen molar-refractivity contribution >= 4 is 27.8 Å². The summed E-state index contributed by atoms with van der Waals surface area (Å²) in [4.78, 5) is 25.3. The second-order valence-electron chi connectivity index (χ2n) is 6.23. The number of carbonyl (C=O) groups is 2. The first-order valence-electron chi connectivity index (χ1n) is 7.19. The fraction of sp³-hybridized carbons (Fsp3) is 0.500. The standard InChI is InChI=1S/C16H19BrFNO3/c1-10(7-11-3-4-13(18)12(17)8-11)14(20)19-6-5-16(2,9-19)15(21)22/h3-4,8,10H,5-7,9H2,1-2H3,(H,21,22). The Bertz CT molecular complexity index is 607. The summed E-state index contributed by atoms with van der Waals surface area (Å²) in [6.07, 6.45) is 0.973. The first-order chi connectivity index (χ1) is 10.2. The van der Waals surface area contributed by atoms with Gasteiger partial charge in [0, 0.05) is 19.0 Å². The molecule has 1 aliphatic heterocycles. The van der Waals surface area contributed by atoms with Gasteiger partial charge in [-0.2, -0.15) is 0 Å². The number of carboxylic acid groups (broad SMARTS) is 1. The van der Waals surface area contributed by atoms with Crippen LogP contribution in [0.2, 0.25) is 0 Å². The van der Waals surface area contributed by atoms with Crippen molar-refractivity contribution in [2.24, 2.45) is 11.3 Å². The molecular formula is C16H19BrFNO3. The molecule has 0 saturated carbocycles. The number of carbonyl (C=O) groups excluding carboxylic acids is 1. The van der Waals surface area contributed by atoms with Gasteiger partial charge in [-0.3, -0.25) is 9.59 Å². The van der Waals surface area contributed by atoms with Gasteiger partial charge in [-0.15, -0.1) is 0 Å². The van der Waals surface area contributed by atoms with E-state index in [1.54, 1.807) is 24.0 Å². The zero-order chi connectivity index (χ0) is 16.5. The number of benzene rings is 1. The lowest BCUT2D eigenvalue weighted by Crippen LogP contribution is -2.37. The van der Waals surface area contributed by atoms with Crippen LogP contribution in [-0.4, -0.2) is 35.0 Å². The molecule has 1 aliphatic rings. The van der Waals surface area contributed by atoms with Crippen LogP contribution in [0, 0.1) is 17.2 Å². The maximum atomic E-state index is 13.2. The second kappa shape index (κ2) is 6.36. The molecule has 1 aromatic rings. The number of carboxylic acids is 1. The predicted octanol–water partition coefficient (Wildman–Crippen LogP) is 3.09. The maximum absolute atomic E-state index is 13.2. The summed E-state index contributed by atoms with van der Waals surface area (Å²) >= 11 is 3.13. The normalized spacial score (nSPS) is 22.6. The van der Waals surface area contributed by atoms with E-state index in [0.29, 0.717) is 23.9 Å². The Hall–Kier alpha value is -1.43. The molecule has 1 heterocycles. The number of likely N-dealkylation sites (tertiary alicyclic amines) is 1. The number of rotatable bonds is 4. The van der Waals surface area contributed by atoms with E-state index in [2.05, 4.69) is 15.9 Å². The molecule has 0 aliphatic carbocycles. The quantitative estimate of drug-likeness (QED) is 0.884. The average Bonchev–Trinajstić information content (AvgIpc) is 2.86. The van der Waals surface area contributed by atoms with E-state index in [9.17, 15) is 19.1 Å². The van der Waals surface area contributed by atoms with Crippen LogP contribution in [0.3, 0.4) is 0 Å². The number of hydrogen-bond acceptors (Lipinski definition) is 2. The summed E-state index contributed by atoms with van der Waals surface area (Å²) in [5, 5.41) is 9.22. The van der Waals surface area contributed by atoms with Crippen molar-refractivity contribution in [3.05, 3.63) is 34.1 Å². The van der Waals surface area contributed by atoms with E-state index in [1.807, 2.05) is 6.92 Å². The Morgan fingerprint density at radius 2 is 2.18 bits per heavy atom. The van der Waals surface area contributed by atoms with Crippen molar-refractivity contribution in [2.45, 2.75) is 26.7 Å². The van der Waals surface area contributed by atoms with Gasteiger partial charge in [-0.25, -0.2) is 4.39 Å². The topological polar surface area (TPSA) is 57.6 Å². The highest BCUT2D eigenvalue weighted by atomic mass is 79.9. The molecule has 1 N–H and O–H groups in total. The van der Waals surface area contributed by atoms with Crippen LogP contribution in [0.15, 0.2) is 22.7 Å². The summed E-state index contributed by atoms with van der Waals surface area (Å²) in [6.45, 7) is 4.21. The molecule has 4 nitrogen and oxygen atoms in total. The lowest BCUT2D eigenvalue weighted by molar-refractivity contribution is -0.147. The first-order valence-corrected chi connectivity index (χ1v) is 7.98. The molecule has 0 radical (unpaired) electrons. The van der Waals surface area contributed by atoms with Crippen LogP contribution >= 0.6 is 15.9 Å². The van der Waals surface area contributed by atoms with Gasteiger partial charge in [0.2, 0.25) is 5.91 Å². The fourth-order valence-corrected chi connectivity index (χ4v) is 3.17. The summed E-state index contributed by atoms with van der Waals surface area (Å²) in [5.74, 6) is -1.52. The minimum absolute atomic E-state index is 0.0505. The number of aliphatic carboxylic acids is 1. The van der Waals surface area contributed by atoms with Crippen molar-refractivity contribution in [1.29, 1.82) is 0 Å². The lowest BCUT2D eigenvalue weighted by atomic mass is 9.90. The van der Waals surface area contributed by atoms with E-state index in [1.165, 1.54) is 6.07 Å². The second-order valence-corrected chi connectivity index (χ2v) is 7.08. The highest BCUT2D eigenvalue weighted by Gasteiger charge is 2.42. The van der Waals surface area contributed by atoms with E-state index < -0.39 is 11.4 Å². The molecule has 2 unspecified atom stereocenters. The number of amides is 1. The molecule has 22 heavy (non-hydrogen) atoms. The molecule has 1 aromatic carbocycles. The SMILES string of the molecule is CC(Cc1ccc(F)c(Br)c1)C(=O)N1CCC(C)(C(=O)O)C1. The predicted molar refractivity (Wildman–Crippen MR) is 83.9 cm³/mol. The van der Waals surface area contributed by atoms with Crippen molar-refractivity contribution in [3.63, 3.8) is 0 Å². The van der Waals surface area contributed by atoms with Crippen LogP contribution in [0.25, 0.3) is 0 Å². The summed E-state index contributed by atoms with van der Waals surface area (Å²) < 4.78 is 13.6. The highest BCUT2D eigenvalue weighted by Crippen LogP contribution is 2.31. The van der Waals surface area contributed by atoms with Crippen molar-refractivity contribution in [3.8, 4) is 0 Å². The van der Waals surface area contributed by atoms with Crippen LogP contribution in [-0.2, 0) is 16.0 Å². The van der Waals surface area contributed by atoms with Crippen molar-refractivity contribution in [1.82, 2.24) is 4.90 Å². The fourth-order valence-electron chi connectivity index (χ4n) is 2.74. The third kappa shape index (κ3) is 3.48. The van der Waals surface area contributed by atoms with Gasteiger partial charge in [0.25, 0.3) is 0 Å². The molecular weight excluding hydrogens is 353 g/mol. The maximum Gasteiger partial charge on any atom is 0.311 e. The van der Waals surface area contributed by atoms with Crippen LogP contribution in [0.4, 0.5) is 4.39 Å². The smallest absolute Gasteiger partial charge is 0.311 e. The molecule has 0 bridgehead atoms. The largest absolute Gasteiger partial charge is 0.481 e. The van der Waals surface area contributed by atoms with E-state index in [0.717, 1.165) is 5.56 Å². The zero-order valence-electron chi connectivity index (χ0n) is 12.6. The Morgan fingerprint density at radius 3 is 2.73 bits per heavy atom. The number of nitrogens with zero attached hydrogens (tertiary/aromatic N) is 1. The monoisotopic (exact) mass is 371 g/mol. The number of hydrogen-bond donors (Lipinski definition) is 1. The molecule has 1 saturated heterocycles. The molecule has 2 atom stereocenters. The van der Waals surface area contributed by atoms with Crippen molar-refractivity contribution < 1.29 is 19.1 Å². The van der Waals surface area contributed by atoms with Gasteiger partial charge in [0.05, 0.1) is 9.89 Å². The first kappa shape index (κ1) is 16.9. The van der Waals surface area contributed by atoms with Gasteiger partial charge in [-0.1, -0.05) is 13.0 Å². The van der Waals surface area contributed by atoms with E-state index in [-0.39, 0.29) is 24.2 Å². The zero-order valence-corrected chi connectivity index (χ0v) is 14.2. The van der Waals surface area contributed by atoms with Gasteiger partial charge >= 0.3 is 5.97 Å². The third-order valence-corrected chi connectivity index (χ3v) is 4.86. The van der Waals surface area contributed by atoms with Gasteiger partial charge in [0.15, 0.2) is 0 Å². The van der Waals surface area contributed by atoms with Crippen LogP contribution in [0.1, 0.15) is 25.8 Å². The van der Waals surface area contributed by atoms with E-state index >= 15 is 0 Å². The molecule has 0 aromatic heterocycles. The minimum Gasteiger partial charge on any atom is -0.481 e. The Morgan fingerprint density at radius 1 is 1.50 bits per heavy atom. The Balaban J connectivity index is 2.01. The van der Waals surface area contributed by atoms with Crippen LogP contribution < -0.4 is 0 Å². The highest BCUT2D eigenvalue weighted by molar-refractivity contribution is 9.10. The third-order valence-electron chi connectivity index (χ3n) is 4.25. The molecule has 0 spiro atoms. The lowest BCUT2D eigenvalue weighted by Gasteiger charge is -2.23. The minimum atomic E-state index is -0.863. The summed E-state index contributed by atoms with van der Waals surface area (Å²) in [6, 6.07) is 4.70. The summed E-state index contributed by atoms with van der Waals surface area (Å²) in [7, 11) is 0. The molecule has 1 amide bonds. The van der Waals surface area contributed by atoms with Crippen LogP contribution in [0.5, 0.6) is 0 Å². The van der Waals surface area contributed by atoms with Gasteiger partial charge in [0.1, 0.15) is 5.82 Å². The average molecular weight is 372 g/mol. The molecule has 120 valence electrons. The summed E-state index contributed by atoms with van der Waals surface area (Å²) in [5.41, 5.74) is 0.0168. The van der Waals surface area contributed by atoms with Gasteiger partial charge in [-0.05, 0) is 53.4 Å². The Labute approximate surface area is 137 Å². The van der Waals surface area contributed by atoms with Crippen molar-refractivity contribution in [2.75, 3.05) is 13.1 Å². The number of halogens is 2. The molecule has 6 heteroatoms.